The Morgan fingerprint density at radius 2 is 1.50 bits per heavy atom. The average Bonchev–Trinajstić information content (AvgIpc) is 2.52. The minimum absolute atomic E-state index is 0.121. The highest BCUT2D eigenvalue weighted by atomic mass is 31.2. The third-order valence-electron chi connectivity index (χ3n) is 2.54. The van der Waals surface area contributed by atoms with E-state index in [9.17, 15) is 8.96 Å². The predicted octanol–water partition coefficient (Wildman–Crippen LogP) is 5.97. The molecule has 0 atom stereocenters. The van der Waals surface area contributed by atoms with Gasteiger partial charge in [-0.15, -0.1) is 0 Å². The number of phosphoric acid groups is 1. The highest BCUT2D eigenvalue weighted by Gasteiger charge is 2.29. The van der Waals surface area contributed by atoms with Crippen molar-refractivity contribution in [1.29, 1.82) is 0 Å². The summed E-state index contributed by atoms with van der Waals surface area (Å²) in [6.07, 6.45) is 3.27. The highest BCUT2D eigenvalue weighted by molar-refractivity contribution is 7.48. The maximum atomic E-state index is 13.5. The third-order valence-corrected chi connectivity index (χ3v) is 3.96. The van der Waals surface area contributed by atoms with Crippen LogP contribution in [0.15, 0.2) is 24.3 Å². The largest absolute Gasteiger partial charge is 0.530 e. The van der Waals surface area contributed by atoms with Crippen molar-refractivity contribution in [2.45, 2.75) is 53.4 Å². The zero-order chi connectivity index (χ0) is 16.8. The van der Waals surface area contributed by atoms with Crippen LogP contribution in [-0.4, -0.2) is 13.2 Å². The first-order valence-electron chi connectivity index (χ1n) is 7.94. The van der Waals surface area contributed by atoms with Crippen LogP contribution in [-0.2, 0) is 13.6 Å². The van der Waals surface area contributed by atoms with Crippen LogP contribution >= 0.6 is 7.82 Å². The molecule has 0 amide bonds. The Bertz CT molecular complexity index is 426. The van der Waals surface area contributed by atoms with Gasteiger partial charge in [-0.25, -0.2) is 8.96 Å². The van der Waals surface area contributed by atoms with Gasteiger partial charge in [-0.05, 0) is 25.0 Å². The van der Waals surface area contributed by atoms with Crippen molar-refractivity contribution >= 4 is 7.82 Å². The van der Waals surface area contributed by atoms with E-state index in [1.165, 1.54) is 18.2 Å². The molecule has 0 bridgehead atoms. The molecule has 0 saturated carbocycles. The molecule has 0 N–H and O–H groups in total. The number of rotatable bonds is 10. The Morgan fingerprint density at radius 1 is 1.00 bits per heavy atom. The van der Waals surface area contributed by atoms with Crippen molar-refractivity contribution < 1.29 is 22.5 Å². The quantitative estimate of drug-likeness (QED) is 0.390. The van der Waals surface area contributed by atoms with Gasteiger partial charge in [0.15, 0.2) is 11.6 Å². The number of unbranched alkanes of at least 4 members (excludes halogenated alkanes) is 2. The number of para-hydroxylation sites is 1. The molecule has 0 radical (unpaired) electrons. The van der Waals surface area contributed by atoms with Gasteiger partial charge in [0.1, 0.15) is 0 Å². The molecule has 0 aliphatic carbocycles. The first-order chi connectivity index (χ1) is 10.6. The van der Waals surface area contributed by atoms with Crippen molar-refractivity contribution in [2.24, 2.45) is 0 Å². The maximum absolute atomic E-state index is 13.5. The summed E-state index contributed by atoms with van der Waals surface area (Å²) in [4.78, 5) is 0. The van der Waals surface area contributed by atoms with Crippen LogP contribution in [0, 0.1) is 5.82 Å². The molecule has 22 heavy (non-hydrogen) atoms. The van der Waals surface area contributed by atoms with E-state index in [0.29, 0.717) is 0 Å². The molecule has 0 spiro atoms. The Kier molecular flexibility index (Phi) is 12.1. The molecule has 0 heterocycles. The van der Waals surface area contributed by atoms with Gasteiger partial charge in [-0.2, -0.15) is 0 Å². The topological polar surface area (TPSA) is 44.8 Å². The fraction of sp³-hybridized carbons (Fsp3) is 0.625. The number of phosphoric ester groups is 1. The molecule has 4 nitrogen and oxygen atoms in total. The highest BCUT2D eigenvalue weighted by Crippen LogP contribution is 2.50. The zero-order valence-corrected chi connectivity index (χ0v) is 14.9. The second kappa shape index (κ2) is 12.6. The summed E-state index contributed by atoms with van der Waals surface area (Å²) in [7, 11) is -3.77. The average molecular weight is 334 g/mol. The summed E-state index contributed by atoms with van der Waals surface area (Å²) in [5.41, 5.74) is 0. The second-order valence-electron chi connectivity index (χ2n) is 4.34. The fourth-order valence-electron chi connectivity index (χ4n) is 1.37. The van der Waals surface area contributed by atoms with E-state index in [4.69, 9.17) is 13.6 Å². The van der Waals surface area contributed by atoms with Crippen LogP contribution < -0.4 is 4.52 Å². The molecule has 0 unspecified atom stereocenters. The van der Waals surface area contributed by atoms with Gasteiger partial charge in [-0.1, -0.05) is 52.7 Å². The van der Waals surface area contributed by atoms with Crippen molar-refractivity contribution in [3.05, 3.63) is 30.1 Å². The van der Waals surface area contributed by atoms with Crippen molar-refractivity contribution in [2.75, 3.05) is 13.2 Å². The summed E-state index contributed by atoms with van der Waals surface area (Å²) >= 11 is 0. The van der Waals surface area contributed by atoms with Gasteiger partial charge < -0.3 is 4.52 Å². The zero-order valence-electron chi connectivity index (χ0n) is 14.0. The minimum Gasteiger partial charge on any atom is -0.401 e. The molecule has 1 aromatic rings. The van der Waals surface area contributed by atoms with Crippen LogP contribution in [0.5, 0.6) is 5.75 Å². The van der Waals surface area contributed by atoms with Gasteiger partial charge in [-0.3, -0.25) is 9.05 Å². The van der Waals surface area contributed by atoms with Gasteiger partial charge in [0.25, 0.3) is 0 Å². The Labute approximate surface area is 133 Å². The molecule has 1 aromatic carbocycles. The molecule has 1 rings (SSSR count). The lowest BCUT2D eigenvalue weighted by Gasteiger charge is -2.18. The minimum atomic E-state index is -3.77. The molecule has 6 heteroatoms. The second-order valence-corrected chi connectivity index (χ2v) is 5.94. The van der Waals surface area contributed by atoms with E-state index in [1.807, 2.05) is 27.7 Å². The molecule has 128 valence electrons. The van der Waals surface area contributed by atoms with Crippen molar-refractivity contribution in [1.82, 2.24) is 0 Å². The van der Waals surface area contributed by atoms with E-state index in [2.05, 4.69) is 0 Å². The predicted molar refractivity (Wildman–Crippen MR) is 87.7 cm³/mol. The normalized spacial score (nSPS) is 10.8. The Morgan fingerprint density at radius 3 is 1.95 bits per heavy atom. The van der Waals surface area contributed by atoms with E-state index < -0.39 is 13.6 Å². The lowest BCUT2D eigenvalue weighted by atomic mass is 10.3. The van der Waals surface area contributed by atoms with E-state index in [0.717, 1.165) is 25.7 Å². The SMILES string of the molecule is CC.CCCCOP(=O)(OCCCC)Oc1ccccc1F. The number of hydrogen-bond donors (Lipinski definition) is 0. The third kappa shape index (κ3) is 8.52. The van der Waals surface area contributed by atoms with Gasteiger partial charge in [0.2, 0.25) is 0 Å². The van der Waals surface area contributed by atoms with Crippen LogP contribution in [0.4, 0.5) is 4.39 Å². The van der Waals surface area contributed by atoms with Crippen LogP contribution in [0.1, 0.15) is 53.4 Å². The van der Waals surface area contributed by atoms with E-state index in [-0.39, 0.29) is 19.0 Å². The summed E-state index contributed by atoms with van der Waals surface area (Å²) in [5.74, 6) is -0.713. The number of benzene rings is 1. The molecule has 0 saturated heterocycles. The summed E-state index contributed by atoms with van der Waals surface area (Å²) in [6.45, 7) is 8.50. The van der Waals surface area contributed by atoms with Gasteiger partial charge in [0.05, 0.1) is 13.2 Å². The lowest BCUT2D eigenvalue weighted by molar-refractivity contribution is 0.150. The lowest BCUT2D eigenvalue weighted by Crippen LogP contribution is -2.05. The van der Waals surface area contributed by atoms with Crippen molar-refractivity contribution in [3.63, 3.8) is 0 Å². The summed E-state index contributed by atoms with van der Waals surface area (Å²) < 4.78 is 41.6. The van der Waals surface area contributed by atoms with Crippen molar-refractivity contribution in [3.8, 4) is 5.75 Å². The fourth-order valence-corrected chi connectivity index (χ4v) is 2.64. The maximum Gasteiger partial charge on any atom is 0.530 e. The molecule has 0 fully saturated rings. The Hall–Kier alpha value is -0.900. The van der Waals surface area contributed by atoms with Crippen LogP contribution in [0.25, 0.3) is 0 Å². The van der Waals surface area contributed by atoms with E-state index >= 15 is 0 Å². The molecule has 0 aliphatic rings. The van der Waals surface area contributed by atoms with Gasteiger partial charge >= 0.3 is 7.82 Å². The standard InChI is InChI=1S/C14H22FO4P.C2H6/c1-3-5-11-17-20(16,18-12-6-4-2)19-14-10-8-7-9-13(14)15;1-2/h7-10H,3-6,11-12H2,1-2H3;1-2H3. The number of halogens is 1. The van der Waals surface area contributed by atoms with Crippen LogP contribution in [0.2, 0.25) is 0 Å². The number of hydrogen-bond acceptors (Lipinski definition) is 4. The first-order valence-corrected chi connectivity index (χ1v) is 9.40. The molecule has 0 aliphatic heterocycles. The molecular weight excluding hydrogens is 306 g/mol. The van der Waals surface area contributed by atoms with Crippen LogP contribution in [0.3, 0.4) is 0 Å². The first kappa shape index (κ1) is 21.1. The smallest absolute Gasteiger partial charge is 0.401 e. The molecular formula is C16H28FO4P. The summed E-state index contributed by atoms with van der Waals surface area (Å²) in [6, 6.07) is 5.76. The monoisotopic (exact) mass is 334 g/mol. The summed E-state index contributed by atoms with van der Waals surface area (Å²) in [5, 5.41) is 0. The Balaban J connectivity index is 0.00000211. The van der Waals surface area contributed by atoms with E-state index in [1.54, 1.807) is 6.07 Å². The van der Waals surface area contributed by atoms with Gasteiger partial charge in [0, 0.05) is 0 Å². The molecule has 0 aromatic heterocycles.